The normalized spacial score (nSPS) is 12.0. The number of fused-ring (bicyclic) bond motifs is 1. The molecule has 1 heterocycles. The van der Waals surface area contributed by atoms with Crippen molar-refractivity contribution in [2.24, 2.45) is 7.05 Å². The van der Waals surface area contributed by atoms with Crippen LogP contribution in [0, 0.1) is 0 Å². The number of amides is 1. The third kappa shape index (κ3) is 4.73. The fraction of sp³-hybridized carbons (Fsp3) is 0.400. The monoisotopic (exact) mass is 355 g/mol. The Morgan fingerprint density at radius 3 is 2.74 bits per heavy atom. The van der Waals surface area contributed by atoms with Crippen molar-refractivity contribution >= 4 is 38.6 Å². The van der Waals surface area contributed by atoms with Gasteiger partial charge in [0.25, 0.3) is 0 Å². The lowest BCUT2D eigenvalue weighted by Crippen LogP contribution is -2.36. The van der Waals surface area contributed by atoms with Crippen LogP contribution in [-0.4, -0.2) is 55.3 Å². The Kier molecular flexibility index (Phi) is 5.72. The van der Waals surface area contributed by atoms with E-state index in [1.807, 2.05) is 42.1 Å². The van der Waals surface area contributed by atoms with Gasteiger partial charge in [0.05, 0.1) is 12.0 Å². The van der Waals surface area contributed by atoms with Crippen LogP contribution in [0.2, 0.25) is 0 Å². The van der Waals surface area contributed by atoms with Gasteiger partial charge in [-0.15, -0.1) is 11.8 Å². The second-order valence-electron chi connectivity index (χ2n) is 5.34. The second kappa shape index (κ2) is 7.37. The van der Waals surface area contributed by atoms with Gasteiger partial charge in [-0.05, 0) is 6.07 Å². The summed E-state index contributed by atoms with van der Waals surface area (Å²) in [5.74, 6) is 0.196. The Balaban J connectivity index is 1.85. The van der Waals surface area contributed by atoms with E-state index in [0.717, 1.165) is 22.1 Å². The minimum absolute atomic E-state index is 0.107. The molecule has 0 aliphatic heterocycles. The molecule has 0 saturated carbocycles. The Labute approximate surface area is 140 Å². The molecule has 6 nitrogen and oxygen atoms in total. The summed E-state index contributed by atoms with van der Waals surface area (Å²) in [6, 6.07) is 8.05. The first-order valence-corrected chi connectivity index (χ1v) is 9.97. The molecule has 0 saturated heterocycles. The fourth-order valence-corrected chi connectivity index (χ4v) is 3.50. The van der Waals surface area contributed by atoms with Crippen LogP contribution in [0.25, 0.3) is 10.9 Å². The predicted molar refractivity (Wildman–Crippen MR) is 94.1 cm³/mol. The van der Waals surface area contributed by atoms with E-state index >= 15 is 0 Å². The summed E-state index contributed by atoms with van der Waals surface area (Å²) < 4.78 is 25.8. The van der Waals surface area contributed by atoms with Gasteiger partial charge in [-0.3, -0.25) is 4.79 Å². The van der Waals surface area contributed by atoms with Gasteiger partial charge in [0.15, 0.2) is 0 Å². The molecule has 2 rings (SSSR count). The van der Waals surface area contributed by atoms with Crippen LogP contribution in [0.3, 0.4) is 0 Å². The minimum Gasteiger partial charge on any atom is -0.354 e. The van der Waals surface area contributed by atoms with Crippen LogP contribution in [0.1, 0.15) is 0 Å². The lowest BCUT2D eigenvalue weighted by atomic mass is 10.2. The van der Waals surface area contributed by atoms with E-state index in [-0.39, 0.29) is 12.5 Å². The molecule has 0 aliphatic rings. The van der Waals surface area contributed by atoms with Crippen LogP contribution >= 0.6 is 11.8 Å². The number of sulfonamides is 1. The number of benzene rings is 1. The van der Waals surface area contributed by atoms with Gasteiger partial charge in [0, 0.05) is 49.2 Å². The summed E-state index contributed by atoms with van der Waals surface area (Å²) >= 11 is 1.48. The van der Waals surface area contributed by atoms with Crippen molar-refractivity contribution in [3.63, 3.8) is 0 Å². The number of aromatic nitrogens is 1. The van der Waals surface area contributed by atoms with Crippen LogP contribution < -0.4 is 5.32 Å². The van der Waals surface area contributed by atoms with Crippen LogP contribution in [0.4, 0.5) is 0 Å². The number of nitrogens with zero attached hydrogens (tertiary/aromatic N) is 2. The third-order valence-electron chi connectivity index (χ3n) is 3.53. The number of aryl methyl sites for hydroxylation is 1. The quantitative estimate of drug-likeness (QED) is 0.760. The fourth-order valence-electron chi connectivity index (χ4n) is 2.13. The van der Waals surface area contributed by atoms with Crippen molar-refractivity contribution in [3.8, 4) is 0 Å². The topological polar surface area (TPSA) is 71.4 Å². The molecule has 1 aromatic heterocycles. The molecule has 0 bridgehead atoms. The summed E-state index contributed by atoms with van der Waals surface area (Å²) in [4.78, 5) is 12.9. The largest absolute Gasteiger partial charge is 0.354 e. The number of thioether (sulfide) groups is 1. The molecule has 1 amide bonds. The smallest absolute Gasteiger partial charge is 0.230 e. The first-order valence-electron chi connectivity index (χ1n) is 7.14. The SMILES string of the molecule is CN(CCNC(=O)CSc1cn(C)c2ccccc12)S(C)(=O)=O. The van der Waals surface area contributed by atoms with E-state index in [2.05, 4.69) is 5.32 Å². The molecule has 0 atom stereocenters. The molecule has 1 aromatic carbocycles. The van der Waals surface area contributed by atoms with Gasteiger partial charge in [0.1, 0.15) is 0 Å². The molecule has 2 aromatic rings. The number of rotatable bonds is 7. The zero-order valence-electron chi connectivity index (χ0n) is 13.4. The first-order chi connectivity index (χ1) is 10.8. The van der Waals surface area contributed by atoms with Crippen molar-refractivity contribution in [3.05, 3.63) is 30.5 Å². The second-order valence-corrected chi connectivity index (χ2v) is 8.45. The average Bonchev–Trinajstić information content (AvgIpc) is 2.81. The zero-order chi connectivity index (χ0) is 17.0. The molecule has 0 spiro atoms. The maximum atomic E-state index is 11.9. The molecule has 1 N–H and O–H groups in total. The highest BCUT2D eigenvalue weighted by Crippen LogP contribution is 2.29. The molecule has 0 fully saturated rings. The molecule has 126 valence electrons. The highest BCUT2D eigenvalue weighted by molar-refractivity contribution is 8.00. The van der Waals surface area contributed by atoms with Gasteiger partial charge in [-0.1, -0.05) is 18.2 Å². The predicted octanol–water partition coefficient (Wildman–Crippen LogP) is 1.28. The van der Waals surface area contributed by atoms with Gasteiger partial charge in [-0.2, -0.15) is 0 Å². The minimum atomic E-state index is -3.20. The van der Waals surface area contributed by atoms with Gasteiger partial charge >= 0.3 is 0 Å². The molecule has 0 radical (unpaired) electrons. The summed E-state index contributed by atoms with van der Waals surface area (Å²) in [6.07, 6.45) is 3.16. The van der Waals surface area contributed by atoms with E-state index < -0.39 is 10.0 Å². The Morgan fingerprint density at radius 1 is 1.35 bits per heavy atom. The molecule has 0 unspecified atom stereocenters. The van der Waals surface area contributed by atoms with Gasteiger partial charge in [0.2, 0.25) is 15.9 Å². The van der Waals surface area contributed by atoms with Gasteiger partial charge in [-0.25, -0.2) is 12.7 Å². The van der Waals surface area contributed by atoms with E-state index in [1.165, 1.54) is 23.1 Å². The van der Waals surface area contributed by atoms with E-state index in [9.17, 15) is 13.2 Å². The lowest BCUT2D eigenvalue weighted by Gasteiger charge is -2.14. The Hall–Kier alpha value is -1.51. The average molecular weight is 355 g/mol. The van der Waals surface area contributed by atoms with Gasteiger partial charge < -0.3 is 9.88 Å². The lowest BCUT2D eigenvalue weighted by molar-refractivity contribution is -0.118. The molecule has 0 aliphatic carbocycles. The van der Waals surface area contributed by atoms with Crippen LogP contribution in [0.15, 0.2) is 35.4 Å². The van der Waals surface area contributed by atoms with Crippen molar-refractivity contribution in [1.82, 2.24) is 14.2 Å². The summed E-state index contributed by atoms with van der Waals surface area (Å²) in [7, 11) is 0.269. The number of carbonyl (C=O) groups is 1. The summed E-state index contributed by atoms with van der Waals surface area (Å²) in [6.45, 7) is 0.571. The maximum absolute atomic E-state index is 11.9. The Morgan fingerprint density at radius 2 is 2.04 bits per heavy atom. The number of carbonyl (C=O) groups excluding carboxylic acids is 1. The highest BCUT2D eigenvalue weighted by atomic mass is 32.2. The van der Waals surface area contributed by atoms with Crippen molar-refractivity contribution < 1.29 is 13.2 Å². The number of para-hydroxylation sites is 1. The van der Waals surface area contributed by atoms with Crippen LogP contribution in [0.5, 0.6) is 0 Å². The van der Waals surface area contributed by atoms with Crippen molar-refractivity contribution in [1.29, 1.82) is 0 Å². The van der Waals surface area contributed by atoms with E-state index in [4.69, 9.17) is 0 Å². The van der Waals surface area contributed by atoms with Crippen molar-refractivity contribution in [2.45, 2.75) is 4.90 Å². The number of hydrogen-bond acceptors (Lipinski definition) is 4. The first kappa shape index (κ1) is 17.8. The molecular formula is C15H21N3O3S2. The van der Waals surface area contributed by atoms with E-state index in [0.29, 0.717) is 12.3 Å². The number of hydrogen-bond donors (Lipinski definition) is 1. The molecule has 8 heteroatoms. The zero-order valence-corrected chi connectivity index (χ0v) is 15.1. The number of nitrogens with one attached hydrogen (secondary N) is 1. The summed E-state index contributed by atoms with van der Waals surface area (Å²) in [5, 5.41) is 3.87. The summed E-state index contributed by atoms with van der Waals surface area (Å²) in [5.41, 5.74) is 1.13. The molecule has 23 heavy (non-hydrogen) atoms. The number of likely N-dealkylation sites (N-methyl/N-ethyl adjacent to an activating group) is 1. The van der Waals surface area contributed by atoms with E-state index in [1.54, 1.807) is 0 Å². The van der Waals surface area contributed by atoms with Crippen LogP contribution in [-0.2, 0) is 21.9 Å². The third-order valence-corrected chi connectivity index (χ3v) is 5.89. The highest BCUT2D eigenvalue weighted by Gasteiger charge is 2.12. The molecular weight excluding hydrogens is 334 g/mol. The standard InChI is InChI=1S/C15H21N3O3S2/c1-17-10-14(12-6-4-5-7-13(12)17)22-11-15(19)16-8-9-18(2)23(3,20)21/h4-7,10H,8-9,11H2,1-3H3,(H,16,19). The Bertz CT molecular complexity index is 799. The van der Waals surface area contributed by atoms with Crippen molar-refractivity contribution in [2.75, 3.05) is 32.1 Å². The maximum Gasteiger partial charge on any atom is 0.230 e.